The highest BCUT2D eigenvalue weighted by Crippen LogP contribution is 2.36. The molecule has 0 N–H and O–H groups in total. The number of rotatable bonds is 5. The molecule has 158 valence electrons. The zero-order valence-electron chi connectivity index (χ0n) is 19.8. The Labute approximate surface area is 175 Å². The van der Waals surface area contributed by atoms with Crippen LogP contribution >= 0.6 is 0 Å². The predicted molar refractivity (Wildman–Crippen MR) is 108 cm³/mol. The standard InChI is InChI=1S/C23H30O6/c1-8-23(13-14-26-22(6,7)29-23)18(15-19(24)28-21(3,4)5)27-20(25)17-11-9-16(2)10-12-17/h1,9-12,18H,13-15H2,2-7H3/t18-,23-/m0/s1/i15D2. The maximum absolute atomic E-state index is 12.9. The summed E-state index contributed by atoms with van der Waals surface area (Å²) >= 11 is 0. The number of benzene rings is 1. The Kier molecular flexibility index (Phi) is 5.89. The quantitative estimate of drug-likeness (QED) is 0.549. The van der Waals surface area contributed by atoms with E-state index in [9.17, 15) is 9.59 Å². The Morgan fingerprint density at radius 2 is 1.93 bits per heavy atom. The van der Waals surface area contributed by atoms with Gasteiger partial charge >= 0.3 is 11.9 Å². The molecule has 0 bridgehead atoms. The first-order valence-electron chi connectivity index (χ1n) is 10.4. The average molecular weight is 404 g/mol. The number of esters is 2. The molecular formula is C23H30O6. The molecule has 1 aromatic rings. The van der Waals surface area contributed by atoms with E-state index in [0.717, 1.165) is 5.56 Å². The highest BCUT2D eigenvalue weighted by molar-refractivity contribution is 5.89. The number of hydrogen-bond donors (Lipinski definition) is 0. The van der Waals surface area contributed by atoms with E-state index >= 15 is 0 Å². The van der Waals surface area contributed by atoms with Crippen molar-refractivity contribution in [2.24, 2.45) is 0 Å². The fraction of sp³-hybridized carbons (Fsp3) is 0.565. The fourth-order valence-corrected chi connectivity index (χ4v) is 2.85. The molecule has 29 heavy (non-hydrogen) atoms. The van der Waals surface area contributed by atoms with Crippen LogP contribution in [0.3, 0.4) is 0 Å². The van der Waals surface area contributed by atoms with Gasteiger partial charge < -0.3 is 18.9 Å². The summed E-state index contributed by atoms with van der Waals surface area (Å²) in [6.07, 6.45) is 1.21. The number of terminal acetylenes is 1. The molecule has 1 aliphatic heterocycles. The monoisotopic (exact) mass is 404 g/mol. The molecule has 0 spiro atoms. The minimum absolute atomic E-state index is 0.0150. The van der Waals surface area contributed by atoms with Gasteiger partial charge in [0.05, 0.1) is 18.5 Å². The Bertz CT molecular complexity index is 864. The summed E-state index contributed by atoms with van der Waals surface area (Å²) in [5.41, 5.74) is -1.58. The van der Waals surface area contributed by atoms with Crippen molar-refractivity contribution in [3.05, 3.63) is 35.4 Å². The lowest BCUT2D eigenvalue weighted by molar-refractivity contribution is -0.311. The van der Waals surface area contributed by atoms with E-state index in [1.807, 2.05) is 6.92 Å². The van der Waals surface area contributed by atoms with E-state index in [-0.39, 0.29) is 18.6 Å². The first-order chi connectivity index (χ1) is 14.1. The predicted octanol–water partition coefficient (Wildman–Crippen LogP) is 3.80. The Hall–Kier alpha value is -2.36. The molecule has 0 amide bonds. The van der Waals surface area contributed by atoms with Crippen LogP contribution in [0, 0.1) is 19.3 Å². The average Bonchev–Trinajstić information content (AvgIpc) is 2.64. The highest BCUT2D eigenvalue weighted by atomic mass is 16.7. The molecule has 1 saturated heterocycles. The van der Waals surface area contributed by atoms with Crippen LogP contribution in [0.5, 0.6) is 0 Å². The van der Waals surface area contributed by atoms with Gasteiger partial charge in [-0.05, 0) is 53.7 Å². The molecular weight excluding hydrogens is 372 g/mol. The van der Waals surface area contributed by atoms with Crippen LogP contribution < -0.4 is 0 Å². The Balaban J connectivity index is 2.50. The van der Waals surface area contributed by atoms with E-state index in [0.29, 0.717) is 0 Å². The van der Waals surface area contributed by atoms with Gasteiger partial charge in [-0.3, -0.25) is 4.79 Å². The molecule has 6 heteroatoms. The van der Waals surface area contributed by atoms with E-state index in [4.69, 9.17) is 28.1 Å². The summed E-state index contributed by atoms with van der Waals surface area (Å²) in [6.45, 7) is 10.0. The third-order valence-corrected chi connectivity index (χ3v) is 4.18. The lowest BCUT2D eigenvalue weighted by atomic mass is 9.89. The highest BCUT2D eigenvalue weighted by Gasteiger charge is 2.49. The van der Waals surface area contributed by atoms with Gasteiger partial charge in [0.2, 0.25) is 0 Å². The second-order valence-corrected chi connectivity index (χ2v) is 8.43. The summed E-state index contributed by atoms with van der Waals surface area (Å²) in [6, 6.07) is 6.54. The molecule has 0 saturated carbocycles. The molecule has 0 aliphatic carbocycles. The van der Waals surface area contributed by atoms with Gasteiger partial charge in [0.1, 0.15) is 5.60 Å². The fourth-order valence-electron chi connectivity index (χ4n) is 2.85. The van der Waals surface area contributed by atoms with Crippen LogP contribution in [0.1, 0.15) is 66.1 Å². The molecule has 1 fully saturated rings. The Morgan fingerprint density at radius 1 is 1.31 bits per heavy atom. The van der Waals surface area contributed by atoms with Crippen molar-refractivity contribution in [2.45, 2.75) is 77.4 Å². The minimum Gasteiger partial charge on any atom is -0.460 e. The maximum Gasteiger partial charge on any atom is 0.338 e. The second-order valence-electron chi connectivity index (χ2n) is 8.43. The molecule has 1 heterocycles. The number of ether oxygens (including phenoxy) is 4. The zero-order chi connectivity index (χ0) is 23.7. The molecule has 0 aromatic heterocycles. The largest absolute Gasteiger partial charge is 0.460 e. The van der Waals surface area contributed by atoms with Gasteiger partial charge in [-0.25, -0.2) is 4.79 Å². The van der Waals surface area contributed by atoms with Crippen LogP contribution in [0.2, 0.25) is 0 Å². The third kappa shape index (κ3) is 6.31. The minimum atomic E-state index is -2.80. The summed E-state index contributed by atoms with van der Waals surface area (Å²) in [5.74, 6) is -0.780. The van der Waals surface area contributed by atoms with Crippen LogP contribution in [0.4, 0.5) is 0 Å². The number of carbonyl (C=O) groups is 2. The second kappa shape index (κ2) is 8.56. The van der Waals surface area contributed by atoms with Gasteiger partial charge in [0.25, 0.3) is 0 Å². The van der Waals surface area contributed by atoms with Crippen molar-refractivity contribution in [1.29, 1.82) is 0 Å². The zero-order valence-corrected chi connectivity index (χ0v) is 17.8. The van der Waals surface area contributed by atoms with Gasteiger partial charge in [0, 0.05) is 9.16 Å². The molecule has 6 nitrogen and oxygen atoms in total. The summed E-state index contributed by atoms with van der Waals surface area (Å²) < 4.78 is 39.4. The molecule has 0 unspecified atom stereocenters. The van der Waals surface area contributed by atoms with Crippen molar-refractivity contribution in [3.63, 3.8) is 0 Å². The lowest BCUT2D eigenvalue weighted by Gasteiger charge is -2.45. The number of hydrogen-bond acceptors (Lipinski definition) is 6. The van der Waals surface area contributed by atoms with Gasteiger partial charge in [-0.2, -0.15) is 0 Å². The molecule has 1 aromatic carbocycles. The molecule has 1 aliphatic rings. The van der Waals surface area contributed by atoms with Crippen LogP contribution in [0.25, 0.3) is 0 Å². The molecule has 2 rings (SSSR count). The van der Waals surface area contributed by atoms with E-state index in [2.05, 4.69) is 5.92 Å². The van der Waals surface area contributed by atoms with Crippen molar-refractivity contribution in [2.75, 3.05) is 6.61 Å². The number of carbonyl (C=O) groups excluding carboxylic acids is 2. The summed E-state index contributed by atoms with van der Waals surface area (Å²) in [4.78, 5) is 25.7. The normalized spacial score (nSPS) is 23.8. The number of aryl methyl sites for hydroxylation is 1. The summed E-state index contributed by atoms with van der Waals surface area (Å²) in [7, 11) is 0. The van der Waals surface area contributed by atoms with E-state index in [1.165, 1.54) is 0 Å². The topological polar surface area (TPSA) is 71.1 Å². The maximum atomic E-state index is 12.9. The first-order valence-corrected chi connectivity index (χ1v) is 9.45. The van der Waals surface area contributed by atoms with Crippen LogP contribution in [-0.2, 0) is 23.7 Å². The van der Waals surface area contributed by atoms with E-state index in [1.54, 1.807) is 58.9 Å². The van der Waals surface area contributed by atoms with Gasteiger partial charge in [-0.15, -0.1) is 6.42 Å². The Morgan fingerprint density at radius 3 is 2.45 bits per heavy atom. The smallest absolute Gasteiger partial charge is 0.338 e. The van der Waals surface area contributed by atoms with Gasteiger partial charge in [0.15, 0.2) is 17.5 Å². The SMILES string of the molecule is [2H]C([2H])(C(=O)OC(C)(C)C)[C@H](OC(=O)c1ccc(C)cc1)[C@]1(C#C)CCOC(C)(C)O1. The van der Waals surface area contributed by atoms with Crippen LogP contribution in [-0.4, -0.2) is 41.6 Å². The van der Waals surface area contributed by atoms with Crippen molar-refractivity contribution >= 4 is 11.9 Å². The van der Waals surface area contributed by atoms with E-state index < -0.39 is 41.4 Å². The van der Waals surface area contributed by atoms with Crippen molar-refractivity contribution in [1.82, 2.24) is 0 Å². The van der Waals surface area contributed by atoms with Crippen LogP contribution in [0.15, 0.2) is 24.3 Å². The third-order valence-electron chi connectivity index (χ3n) is 4.18. The molecule has 0 radical (unpaired) electrons. The van der Waals surface area contributed by atoms with Gasteiger partial charge in [-0.1, -0.05) is 23.6 Å². The lowest BCUT2D eigenvalue weighted by Crippen LogP contribution is -2.56. The molecule has 2 atom stereocenters. The van der Waals surface area contributed by atoms with Crippen molar-refractivity contribution < 1.29 is 31.3 Å². The first kappa shape index (κ1) is 19.9. The van der Waals surface area contributed by atoms with Crippen molar-refractivity contribution in [3.8, 4) is 12.3 Å². The summed E-state index contributed by atoms with van der Waals surface area (Å²) in [5, 5.41) is 0.